The van der Waals surface area contributed by atoms with Gasteiger partial charge in [-0.15, -0.1) is 0 Å². The Labute approximate surface area is 169 Å². The van der Waals surface area contributed by atoms with Crippen molar-refractivity contribution in [1.29, 1.82) is 0 Å². The van der Waals surface area contributed by atoms with Gasteiger partial charge in [-0.25, -0.2) is 4.98 Å². The molecular weight excluding hydrogens is 403 g/mol. The SMILES string of the molecule is O=C(CSc1nc(CO)cn1Cc1ccccc1)Nc1cccc(C(F)(F)F)c1. The van der Waals surface area contributed by atoms with Crippen LogP contribution in [-0.4, -0.2) is 26.3 Å². The maximum atomic E-state index is 12.8. The van der Waals surface area contributed by atoms with E-state index in [9.17, 15) is 23.1 Å². The highest BCUT2D eigenvalue weighted by Gasteiger charge is 2.30. The van der Waals surface area contributed by atoms with Gasteiger partial charge in [0, 0.05) is 18.4 Å². The number of amides is 1. The van der Waals surface area contributed by atoms with E-state index in [0.29, 0.717) is 17.4 Å². The Bertz CT molecular complexity index is 975. The van der Waals surface area contributed by atoms with E-state index < -0.39 is 17.6 Å². The molecule has 3 aromatic rings. The minimum absolute atomic E-state index is 0.0348. The first-order valence-corrected chi connectivity index (χ1v) is 9.64. The van der Waals surface area contributed by atoms with Gasteiger partial charge in [0.25, 0.3) is 0 Å². The molecule has 3 rings (SSSR count). The lowest BCUT2D eigenvalue weighted by Crippen LogP contribution is -2.15. The maximum absolute atomic E-state index is 12.8. The number of thioether (sulfide) groups is 1. The van der Waals surface area contributed by atoms with Gasteiger partial charge in [-0.05, 0) is 23.8 Å². The van der Waals surface area contributed by atoms with Crippen LogP contribution < -0.4 is 5.32 Å². The number of benzene rings is 2. The fraction of sp³-hybridized carbons (Fsp3) is 0.200. The quantitative estimate of drug-likeness (QED) is 0.562. The van der Waals surface area contributed by atoms with Crippen LogP contribution in [0.3, 0.4) is 0 Å². The molecule has 1 aromatic heterocycles. The molecule has 2 aromatic carbocycles. The molecule has 0 saturated heterocycles. The Morgan fingerprint density at radius 1 is 1.14 bits per heavy atom. The highest BCUT2D eigenvalue weighted by molar-refractivity contribution is 7.99. The van der Waals surface area contributed by atoms with Crippen molar-refractivity contribution in [2.75, 3.05) is 11.1 Å². The molecule has 0 unspecified atom stereocenters. The number of carbonyl (C=O) groups excluding carboxylic acids is 1. The number of aliphatic hydroxyl groups excluding tert-OH is 1. The van der Waals surface area contributed by atoms with Gasteiger partial charge in [0.1, 0.15) is 0 Å². The van der Waals surface area contributed by atoms with E-state index in [2.05, 4.69) is 10.3 Å². The van der Waals surface area contributed by atoms with Gasteiger partial charge in [-0.1, -0.05) is 48.2 Å². The van der Waals surface area contributed by atoms with E-state index in [1.54, 1.807) is 6.20 Å². The van der Waals surface area contributed by atoms with Crippen molar-refractivity contribution in [3.8, 4) is 0 Å². The predicted molar refractivity (Wildman–Crippen MR) is 104 cm³/mol. The number of nitrogens with one attached hydrogen (secondary N) is 1. The number of hydrogen-bond donors (Lipinski definition) is 2. The van der Waals surface area contributed by atoms with Crippen LogP contribution in [0.2, 0.25) is 0 Å². The zero-order valence-electron chi connectivity index (χ0n) is 15.2. The number of anilines is 1. The average Bonchev–Trinajstić information content (AvgIpc) is 3.08. The first-order chi connectivity index (χ1) is 13.8. The molecule has 0 saturated carbocycles. The van der Waals surface area contributed by atoms with E-state index in [0.717, 1.165) is 29.5 Å². The fourth-order valence-electron chi connectivity index (χ4n) is 2.64. The maximum Gasteiger partial charge on any atom is 0.416 e. The summed E-state index contributed by atoms with van der Waals surface area (Å²) in [6.07, 6.45) is -2.77. The van der Waals surface area contributed by atoms with Crippen molar-refractivity contribution in [3.05, 3.63) is 77.6 Å². The third-order valence-corrected chi connectivity index (χ3v) is 4.94. The lowest BCUT2D eigenvalue weighted by molar-refractivity contribution is -0.137. The largest absolute Gasteiger partial charge is 0.416 e. The first kappa shape index (κ1) is 20.9. The van der Waals surface area contributed by atoms with Crippen LogP contribution in [0.1, 0.15) is 16.8 Å². The molecule has 0 spiro atoms. The third-order valence-electron chi connectivity index (χ3n) is 3.95. The number of hydrogen-bond acceptors (Lipinski definition) is 4. The Hall–Kier alpha value is -2.78. The number of halogens is 3. The van der Waals surface area contributed by atoms with Gasteiger partial charge < -0.3 is 15.0 Å². The monoisotopic (exact) mass is 421 g/mol. The summed E-state index contributed by atoms with van der Waals surface area (Å²) in [6.45, 7) is 0.289. The molecule has 152 valence electrons. The summed E-state index contributed by atoms with van der Waals surface area (Å²) < 4.78 is 40.2. The van der Waals surface area contributed by atoms with Crippen LogP contribution in [0.5, 0.6) is 0 Å². The molecule has 0 fully saturated rings. The molecule has 0 radical (unpaired) electrons. The molecule has 1 amide bonds. The van der Waals surface area contributed by atoms with E-state index in [4.69, 9.17) is 0 Å². The van der Waals surface area contributed by atoms with Gasteiger partial charge in [-0.2, -0.15) is 13.2 Å². The number of alkyl halides is 3. The molecule has 5 nitrogen and oxygen atoms in total. The van der Waals surface area contributed by atoms with Crippen molar-refractivity contribution in [3.63, 3.8) is 0 Å². The van der Waals surface area contributed by atoms with Crippen LogP contribution in [0.4, 0.5) is 18.9 Å². The Kier molecular flexibility index (Phi) is 6.60. The predicted octanol–water partition coefficient (Wildman–Crippen LogP) is 4.17. The molecule has 0 aliphatic heterocycles. The van der Waals surface area contributed by atoms with E-state index in [1.165, 1.54) is 12.1 Å². The minimum atomic E-state index is -4.47. The molecule has 0 aliphatic carbocycles. The summed E-state index contributed by atoms with van der Waals surface area (Å²) in [5.74, 6) is -0.485. The Morgan fingerprint density at radius 3 is 2.59 bits per heavy atom. The van der Waals surface area contributed by atoms with Crippen LogP contribution >= 0.6 is 11.8 Å². The second-order valence-electron chi connectivity index (χ2n) is 6.20. The highest BCUT2D eigenvalue weighted by atomic mass is 32.2. The van der Waals surface area contributed by atoms with Gasteiger partial charge >= 0.3 is 6.18 Å². The van der Waals surface area contributed by atoms with Gasteiger partial charge in [0.05, 0.1) is 23.6 Å². The van der Waals surface area contributed by atoms with Crippen LogP contribution in [0, 0.1) is 0 Å². The van der Waals surface area contributed by atoms with Gasteiger partial charge in [-0.3, -0.25) is 4.79 Å². The average molecular weight is 421 g/mol. The topological polar surface area (TPSA) is 67.1 Å². The van der Waals surface area contributed by atoms with Crippen molar-refractivity contribution in [2.24, 2.45) is 0 Å². The molecule has 0 aliphatic rings. The number of nitrogens with zero attached hydrogens (tertiary/aromatic N) is 2. The Balaban J connectivity index is 1.65. The van der Waals surface area contributed by atoms with E-state index in [-0.39, 0.29) is 18.0 Å². The summed E-state index contributed by atoms with van der Waals surface area (Å²) >= 11 is 1.15. The number of aromatic nitrogens is 2. The van der Waals surface area contributed by atoms with Crippen LogP contribution in [-0.2, 0) is 24.1 Å². The molecule has 1 heterocycles. The second-order valence-corrected chi connectivity index (χ2v) is 7.14. The molecule has 2 N–H and O–H groups in total. The fourth-order valence-corrected chi connectivity index (χ4v) is 3.43. The first-order valence-electron chi connectivity index (χ1n) is 8.66. The summed E-state index contributed by atoms with van der Waals surface area (Å²) in [5, 5.41) is 12.4. The van der Waals surface area contributed by atoms with Crippen molar-refractivity contribution in [1.82, 2.24) is 9.55 Å². The lowest BCUT2D eigenvalue weighted by atomic mass is 10.2. The number of carbonyl (C=O) groups is 1. The van der Waals surface area contributed by atoms with Gasteiger partial charge in [0.2, 0.25) is 5.91 Å². The minimum Gasteiger partial charge on any atom is -0.390 e. The molecular formula is C20H18F3N3O2S. The Morgan fingerprint density at radius 2 is 1.90 bits per heavy atom. The van der Waals surface area contributed by atoms with Crippen LogP contribution in [0.25, 0.3) is 0 Å². The molecule has 9 heteroatoms. The van der Waals surface area contributed by atoms with Crippen molar-refractivity contribution in [2.45, 2.75) is 24.5 Å². The normalized spacial score (nSPS) is 11.4. The lowest BCUT2D eigenvalue weighted by Gasteiger charge is -2.10. The van der Waals surface area contributed by atoms with E-state index >= 15 is 0 Å². The summed E-state index contributed by atoms with van der Waals surface area (Å²) in [5.41, 5.74) is 0.759. The molecule has 29 heavy (non-hydrogen) atoms. The summed E-state index contributed by atoms with van der Waals surface area (Å²) in [7, 11) is 0. The van der Waals surface area contributed by atoms with E-state index in [1.807, 2.05) is 34.9 Å². The summed E-state index contributed by atoms with van der Waals surface area (Å²) in [6, 6.07) is 14.1. The smallest absolute Gasteiger partial charge is 0.390 e. The molecule has 0 bridgehead atoms. The van der Waals surface area contributed by atoms with Crippen molar-refractivity contribution < 1.29 is 23.1 Å². The standard InChI is InChI=1S/C20H18F3N3O2S/c21-20(22,23)15-7-4-8-16(9-15)24-18(28)13-29-19-25-17(12-27)11-26(19)10-14-5-2-1-3-6-14/h1-9,11,27H,10,12-13H2,(H,24,28). The van der Waals surface area contributed by atoms with Crippen molar-refractivity contribution >= 4 is 23.4 Å². The summed E-state index contributed by atoms with van der Waals surface area (Å²) in [4.78, 5) is 16.5. The van der Waals surface area contributed by atoms with Crippen LogP contribution in [0.15, 0.2) is 66.0 Å². The number of imidazole rings is 1. The zero-order valence-corrected chi connectivity index (χ0v) is 16.0. The highest BCUT2D eigenvalue weighted by Crippen LogP contribution is 2.30. The number of rotatable bonds is 7. The molecule has 0 atom stereocenters. The zero-order chi connectivity index (χ0) is 20.9. The second kappa shape index (κ2) is 9.15. The van der Waals surface area contributed by atoms with Gasteiger partial charge in [0.15, 0.2) is 5.16 Å². The number of aliphatic hydroxyl groups is 1. The third kappa shape index (κ3) is 5.85.